The fourth-order valence-electron chi connectivity index (χ4n) is 1.28. The lowest BCUT2D eigenvalue weighted by Gasteiger charge is -2.14. The van der Waals surface area contributed by atoms with Crippen LogP contribution in [-0.4, -0.2) is 0 Å². The highest BCUT2D eigenvalue weighted by molar-refractivity contribution is 7.52. The molecule has 2 aromatic carbocycles. The van der Waals surface area contributed by atoms with E-state index in [9.17, 15) is 4.57 Å². The Bertz CT molecular complexity index is 477. The predicted molar refractivity (Wildman–Crippen MR) is 76.0 cm³/mol. The van der Waals surface area contributed by atoms with Gasteiger partial charge < -0.3 is 21.3 Å². The molecule has 104 valence electrons. The fourth-order valence-corrected chi connectivity index (χ4v) is 2.14. The molecule has 0 unspecified atom stereocenters. The van der Waals surface area contributed by atoms with Crippen LogP contribution in [0, 0.1) is 0 Å². The molecule has 0 heterocycles. The molecule has 6 nitrogen and oxygen atoms in total. The second-order valence-corrected chi connectivity index (χ2v) is 4.79. The summed E-state index contributed by atoms with van der Waals surface area (Å²) in [6.45, 7) is 0. The first-order valence-electron chi connectivity index (χ1n) is 5.04. The molecule has 0 spiro atoms. The molecule has 0 bridgehead atoms. The Hall–Kier alpha value is -1.85. The van der Waals surface area contributed by atoms with Gasteiger partial charge in [-0.1, -0.05) is 36.4 Å². The quantitative estimate of drug-likeness (QED) is 0.735. The molecule has 2 aromatic rings. The molecule has 7 heteroatoms. The van der Waals surface area contributed by atoms with Crippen LogP contribution in [0.2, 0.25) is 0 Å². The molecule has 8 N–H and O–H groups in total. The van der Waals surface area contributed by atoms with E-state index < -0.39 is 7.75 Å². The van der Waals surface area contributed by atoms with E-state index in [4.69, 9.17) is 14.6 Å². The second kappa shape index (κ2) is 7.56. The lowest BCUT2D eigenvalue weighted by atomic mass is 10.3. The fraction of sp³-hybridized carbons (Fsp3) is 0. The summed E-state index contributed by atoms with van der Waals surface area (Å²) in [6.07, 6.45) is 0. The van der Waals surface area contributed by atoms with Gasteiger partial charge in [0.2, 0.25) is 0 Å². The zero-order valence-electron chi connectivity index (χ0n) is 10.4. The molecule has 0 atom stereocenters. The molecule has 19 heavy (non-hydrogen) atoms. The number of rotatable bonds is 4. The van der Waals surface area contributed by atoms with E-state index in [-0.39, 0.29) is 12.3 Å². The first-order valence-corrected chi connectivity index (χ1v) is 6.65. The molecule has 0 aromatic heterocycles. The topological polar surface area (TPSA) is 132 Å². The smallest absolute Gasteiger partial charge is 0.405 e. The van der Waals surface area contributed by atoms with Crippen LogP contribution in [0.3, 0.4) is 0 Å². The maximum absolute atomic E-state index is 11.9. The van der Waals surface area contributed by atoms with Crippen molar-refractivity contribution in [3.05, 3.63) is 60.7 Å². The second-order valence-electron chi connectivity index (χ2n) is 3.35. The summed E-state index contributed by atoms with van der Waals surface area (Å²) in [5.74, 6) is 0.823. The van der Waals surface area contributed by atoms with Gasteiger partial charge in [0.15, 0.2) is 0 Å². The van der Waals surface area contributed by atoms with Crippen molar-refractivity contribution in [1.29, 1.82) is 0 Å². The molecule has 0 aliphatic heterocycles. The van der Waals surface area contributed by atoms with Crippen molar-refractivity contribution in [2.24, 2.45) is 5.50 Å². The van der Waals surface area contributed by atoms with Gasteiger partial charge >= 0.3 is 7.75 Å². The molecule has 0 saturated carbocycles. The molecule has 0 saturated heterocycles. The maximum atomic E-state index is 11.9. The van der Waals surface area contributed by atoms with Crippen molar-refractivity contribution in [2.45, 2.75) is 0 Å². The minimum absolute atomic E-state index is 0. The number of benzene rings is 2. The first-order chi connectivity index (χ1) is 8.16. The van der Waals surface area contributed by atoms with Crippen LogP contribution in [0.15, 0.2) is 60.7 Å². The molecule has 0 aliphatic carbocycles. The normalized spacial score (nSPS) is 9.74. The molecule has 0 radical (unpaired) electrons. The van der Waals surface area contributed by atoms with Crippen molar-refractivity contribution in [2.75, 3.05) is 0 Å². The van der Waals surface area contributed by atoms with Gasteiger partial charge in [0, 0.05) is 0 Å². The number of hydrogen-bond acceptors (Lipinski definition) is 5. The Morgan fingerprint density at radius 2 is 1.05 bits per heavy atom. The van der Waals surface area contributed by atoms with E-state index in [2.05, 4.69) is 0 Å². The van der Waals surface area contributed by atoms with Gasteiger partial charge in [-0.05, 0) is 24.3 Å². The van der Waals surface area contributed by atoms with E-state index in [1.54, 1.807) is 48.5 Å². The Kier molecular flexibility index (Phi) is 6.82. The third kappa shape index (κ3) is 5.54. The summed E-state index contributed by atoms with van der Waals surface area (Å²) in [6, 6.07) is 17.3. The Morgan fingerprint density at radius 3 is 1.37 bits per heavy atom. The molecule has 0 fully saturated rings. The van der Waals surface area contributed by atoms with Crippen molar-refractivity contribution in [1.82, 2.24) is 12.3 Å². The van der Waals surface area contributed by atoms with E-state index in [1.807, 2.05) is 12.1 Å². The van der Waals surface area contributed by atoms with Gasteiger partial charge in [-0.15, -0.1) is 0 Å². The van der Waals surface area contributed by atoms with Crippen molar-refractivity contribution >= 4 is 7.75 Å². The van der Waals surface area contributed by atoms with Gasteiger partial charge in [0.25, 0.3) is 0 Å². The highest BCUT2D eigenvalue weighted by Crippen LogP contribution is 2.40. The Labute approximate surface area is 112 Å². The lowest BCUT2D eigenvalue weighted by molar-refractivity contribution is 0.387. The van der Waals surface area contributed by atoms with Crippen molar-refractivity contribution in [3.63, 3.8) is 0 Å². The van der Waals surface area contributed by atoms with Crippen LogP contribution >= 0.6 is 7.75 Å². The van der Waals surface area contributed by atoms with Crippen LogP contribution < -0.4 is 26.9 Å². The maximum Gasteiger partial charge on any atom is 0.510 e. The number of hydrogen-bond donors (Lipinski definition) is 3. The van der Waals surface area contributed by atoms with Crippen LogP contribution in [0.25, 0.3) is 0 Å². The van der Waals surface area contributed by atoms with Crippen molar-refractivity contribution < 1.29 is 13.6 Å². The summed E-state index contributed by atoms with van der Waals surface area (Å²) in [7, 11) is -3.64. The molecular weight excluding hydrogens is 265 g/mol. The molecule has 0 amide bonds. The van der Waals surface area contributed by atoms with Crippen LogP contribution in [0.5, 0.6) is 11.5 Å². The summed E-state index contributed by atoms with van der Waals surface area (Å²) in [5.41, 5.74) is 5.49. The molecular formula is C12H18N3O3P. The van der Waals surface area contributed by atoms with E-state index >= 15 is 0 Å². The predicted octanol–water partition coefficient (Wildman–Crippen LogP) is 3.54. The highest BCUT2D eigenvalue weighted by Gasteiger charge is 2.21. The summed E-state index contributed by atoms with van der Waals surface area (Å²) in [5, 5.41) is 0. The number of nitrogens with two attached hydrogens (primary N) is 1. The van der Waals surface area contributed by atoms with Gasteiger partial charge in [-0.25, -0.2) is 10.1 Å². The summed E-state index contributed by atoms with van der Waals surface area (Å²) < 4.78 is 22.1. The Morgan fingerprint density at radius 1 is 0.737 bits per heavy atom. The standard InChI is InChI=1S/C12H12NO3P.2H3N/c13-17(14,15-11-7-3-1-4-8-11)16-12-9-5-2-6-10-12;;/h1-10H,(H2,13,14);2*1H3. The van der Waals surface area contributed by atoms with E-state index in [0.29, 0.717) is 11.5 Å². The van der Waals surface area contributed by atoms with Gasteiger partial charge in [0.1, 0.15) is 11.5 Å². The van der Waals surface area contributed by atoms with Crippen LogP contribution in [-0.2, 0) is 4.57 Å². The van der Waals surface area contributed by atoms with E-state index in [1.165, 1.54) is 0 Å². The largest absolute Gasteiger partial charge is 0.510 e. The molecule has 0 aliphatic rings. The summed E-state index contributed by atoms with van der Waals surface area (Å²) in [4.78, 5) is 0. The average Bonchev–Trinajstić information content (AvgIpc) is 2.30. The van der Waals surface area contributed by atoms with E-state index in [0.717, 1.165) is 0 Å². The molecule has 2 rings (SSSR count). The zero-order valence-corrected chi connectivity index (χ0v) is 11.3. The zero-order chi connectivity index (χ0) is 12.1. The van der Waals surface area contributed by atoms with Gasteiger partial charge in [0.05, 0.1) is 0 Å². The van der Waals surface area contributed by atoms with Crippen LogP contribution in [0.1, 0.15) is 0 Å². The van der Waals surface area contributed by atoms with Gasteiger partial charge in [-0.2, -0.15) is 0 Å². The van der Waals surface area contributed by atoms with Gasteiger partial charge in [-0.3, -0.25) is 0 Å². The lowest BCUT2D eigenvalue weighted by Crippen LogP contribution is -2.08. The summed E-state index contributed by atoms with van der Waals surface area (Å²) >= 11 is 0. The number of para-hydroxylation sites is 2. The third-order valence-corrected chi connectivity index (χ3v) is 2.88. The minimum Gasteiger partial charge on any atom is -0.405 e. The SMILES string of the molecule is N.N.NP(=O)(Oc1ccccc1)Oc1ccccc1. The monoisotopic (exact) mass is 283 g/mol. The highest BCUT2D eigenvalue weighted by atomic mass is 31.2. The van der Waals surface area contributed by atoms with Crippen molar-refractivity contribution in [3.8, 4) is 11.5 Å². The first kappa shape index (κ1) is 17.2. The van der Waals surface area contributed by atoms with Crippen LogP contribution in [0.4, 0.5) is 0 Å². The third-order valence-electron chi connectivity index (χ3n) is 1.95. The average molecular weight is 283 g/mol. The Balaban J connectivity index is 0.00000162. The minimum atomic E-state index is -3.64.